The third kappa shape index (κ3) is 6.83. The minimum Gasteiger partial charge on any atom is -0.455 e. The van der Waals surface area contributed by atoms with Crippen LogP contribution < -0.4 is 4.90 Å². The van der Waals surface area contributed by atoms with Crippen LogP contribution in [0.4, 0.5) is 17.1 Å². The summed E-state index contributed by atoms with van der Waals surface area (Å²) in [6, 6.07) is 104. The summed E-state index contributed by atoms with van der Waals surface area (Å²) < 4.78 is 13.1. The SMILES string of the molecule is c1ccc(-c2cc(-c3ccccc3)c3c(c2)-c2ccc(N(c4ccc(-c5cccc6c5oc5ccccc56)cc4)c4ccc(-c5cccc6c5oc5ccccc56)cc4)cc2C3(c2ccccc2)c2ccccc2)cc1. The van der Waals surface area contributed by atoms with Gasteiger partial charge in [0.25, 0.3) is 0 Å². The average molecular weight is 970 g/mol. The monoisotopic (exact) mass is 969 g/mol. The standard InChI is InChI=1S/C73H47NO2/c1-5-19-48(20-6-1)52-45-65(49-21-7-2-8-22-49)70-66(46-52)60-44-43-57(47-67(60)73(70,53-23-9-3-10-24-53)54-25-11-4-12-26-54)74(55-39-35-50(36-40-55)58-29-17-31-63-61-27-13-15-33-68(61)75-71(58)63)56-41-37-51(38-42-56)59-30-18-32-64-62-28-14-16-34-69(62)76-72(59)64/h1-47H. The maximum absolute atomic E-state index is 6.56. The molecule has 15 rings (SSSR count). The first-order valence-corrected chi connectivity index (χ1v) is 26.1. The second kappa shape index (κ2) is 17.6. The molecule has 0 atom stereocenters. The Kier molecular flexibility index (Phi) is 10.1. The first-order chi connectivity index (χ1) is 37.7. The van der Waals surface area contributed by atoms with E-state index in [0.717, 1.165) is 83.2 Å². The van der Waals surface area contributed by atoms with Gasteiger partial charge in [-0.1, -0.05) is 224 Å². The van der Waals surface area contributed by atoms with Crippen molar-refractivity contribution in [2.75, 3.05) is 4.90 Å². The number of furan rings is 2. The Bertz CT molecular complexity index is 4280. The van der Waals surface area contributed by atoms with E-state index in [4.69, 9.17) is 8.83 Å². The summed E-state index contributed by atoms with van der Waals surface area (Å²) in [5.74, 6) is 0. The van der Waals surface area contributed by atoms with Gasteiger partial charge in [-0.3, -0.25) is 0 Å². The van der Waals surface area contributed by atoms with E-state index in [2.05, 4.69) is 266 Å². The van der Waals surface area contributed by atoms with E-state index in [1.54, 1.807) is 0 Å². The quantitative estimate of drug-likeness (QED) is 0.144. The van der Waals surface area contributed by atoms with E-state index < -0.39 is 5.41 Å². The van der Waals surface area contributed by atoms with E-state index in [0.29, 0.717) is 0 Å². The van der Waals surface area contributed by atoms with Crippen LogP contribution in [0.3, 0.4) is 0 Å². The summed E-state index contributed by atoms with van der Waals surface area (Å²) in [5.41, 5.74) is 22.4. The van der Waals surface area contributed by atoms with Crippen LogP contribution in [0.5, 0.6) is 0 Å². The van der Waals surface area contributed by atoms with Gasteiger partial charge in [0.05, 0.1) is 5.41 Å². The van der Waals surface area contributed by atoms with Crippen LogP contribution in [-0.2, 0) is 5.41 Å². The molecule has 0 fully saturated rings. The predicted octanol–water partition coefficient (Wildman–Crippen LogP) is 20.0. The highest BCUT2D eigenvalue weighted by Gasteiger charge is 2.48. The minimum absolute atomic E-state index is 0.695. The zero-order valence-electron chi connectivity index (χ0n) is 41.4. The molecule has 3 heteroatoms. The molecule has 0 radical (unpaired) electrons. The van der Waals surface area contributed by atoms with Crippen molar-refractivity contribution in [2.24, 2.45) is 0 Å². The molecular weight excluding hydrogens is 923 g/mol. The fourth-order valence-corrected chi connectivity index (χ4v) is 12.4. The van der Waals surface area contributed by atoms with Gasteiger partial charge in [0.15, 0.2) is 0 Å². The number of rotatable bonds is 9. The van der Waals surface area contributed by atoms with Crippen LogP contribution in [0.2, 0.25) is 0 Å². The van der Waals surface area contributed by atoms with Crippen LogP contribution in [-0.4, -0.2) is 0 Å². The molecule has 0 N–H and O–H groups in total. The Morgan fingerprint density at radius 1 is 0.263 bits per heavy atom. The maximum Gasteiger partial charge on any atom is 0.143 e. The fourth-order valence-electron chi connectivity index (χ4n) is 12.4. The highest BCUT2D eigenvalue weighted by molar-refractivity contribution is 6.11. The number of hydrogen-bond acceptors (Lipinski definition) is 3. The topological polar surface area (TPSA) is 29.5 Å². The van der Waals surface area contributed by atoms with Crippen molar-refractivity contribution in [3.8, 4) is 55.6 Å². The highest BCUT2D eigenvalue weighted by atomic mass is 16.3. The molecule has 12 aromatic carbocycles. The molecule has 0 saturated carbocycles. The number of para-hydroxylation sites is 4. The van der Waals surface area contributed by atoms with Crippen molar-refractivity contribution in [1.82, 2.24) is 0 Å². The number of anilines is 3. The van der Waals surface area contributed by atoms with Crippen molar-refractivity contribution < 1.29 is 8.83 Å². The zero-order chi connectivity index (χ0) is 50.2. The lowest BCUT2D eigenvalue weighted by Crippen LogP contribution is -2.29. The third-order valence-electron chi connectivity index (χ3n) is 15.8. The van der Waals surface area contributed by atoms with E-state index >= 15 is 0 Å². The van der Waals surface area contributed by atoms with Gasteiger partial charge < -0.3 is 13.7 Å². The molecule has 2 aromatic heterocycles. The van der Waals surface area contributed by atoms with Crippen LogP contribution >= 0.6 is 0 Å². The molecule has 76 heavy (non-hydrogen) atoms. The van der Waals surface area contributed by atoms with Gasteiger partial charge in [0.1, 0.15) is 22.3 Å². The molecule has 356 valence electrons. The molecule has 0 aliphatic heterocycles. The van der Waals surface area contributed by atoms with Gasteiger partial charge in [0.2, 0.25) is 0 Å². The van der Waals surface area contributed by atoms with Crippen molar-refractivity contribution in [2.45, 2.75) is 5.41 Å². The van der Waals surface area contributed by atoms with Crippen molar-refractivity contribution >= 4 is 60.9 Å². The Morgan fingerprint density at radius 2 is 0.684 bits per heavy atom. The molecule has 0 unspecified atom stereocenters. The van der Waals surface area contributed by atoms with Crippen LogP contribution in [0, 0.1) is 0 Å². The number of fused-ring (bicyclic) bond motifs is 9. The number of nitrogens with zero attached hydrogens (tertiary/aromatic N) is 1. The van der Waals surface area contributed by atoms with Gasteiger partial charge >= 0.3 is 0 Å². The van der Waals surface area contributed by atoms with Crippen molar-refractivity contribution in [3.05, 3.63) is 307 Å². The second-order valence-corrected chi connectivity index (χ2v) is 19.9. The summed E-state index contributed by atoms with van der Waals surface area (Å²) >= 11 is 0. The summed E-state index contributed by atoms with van der Waals surface area (Å²) in [7, 11) is 0. The molecule has 2 heterocycles. The molecule has 1 aliphatic rings. The Morgan fingerprint density at radius 3 is 1.21 bits per heavy atom. The lowest BCUT2D eigenvalue weighted by molar-refractivity contribution is 0.669. The fraction of sp³-hybridized carbons (Fsp3) is 0.0137. The molecule has 0 amide bonds. The molecule has 1 aliphatic carbocycles. The highest BCUT2D eigenvalue weighted by Crippen LogP contribution is 2.60. The summed E-state index contributed by atoms with van der Waals surface area (Å²) in [6.45, 7) is 0. The van der Waals surface area contributed by atoms with Crippen molar-refractivity contribution in [1.29, 1.82) is 0 Å². The van der Waals surface area contributed by atoms with Crippen LogP contribution in [0.1, 0.15) is 22.3 Å². The Balaban J connectivity index is 0.958. The van der Waals surface area contributed by atoms with Gasteiger partial charge in [-0.25, -0.2) is 0 Å². The second-order valence-electron chi connectivity index (χ2n) is 19.9. The molecular formula is C73H47NO2. The van der Waals surface area contributed by atoms with Gasteiger partial charge in [-0.05, 0) is 127 Å². The van der Waals surface area contributed by atoms with Gasteiger partial charge in [-0.2, -0.15) is 0 Å². The van der Waals surface area contributed by atoms with Crippen LogP contribution in [0.25, 0.3) is 99.5 Å². The molecule has 14 aromatic rings. The first kappa shape index (κ1) is 43.6. The van der Waals surface area contributed by atoms with Gasteiger partial charge in [0, 0.05) is 49.7 Å². The smallest absolute Gasteiger partial charge is 0.143 e. The van der Waals surface area contributed by atoms with E-state index in [9.17, 15) is 0 Å². The third-order valence-corrected chi connectivity index (χ3v) is 15.8. The summed E-state index contributed by atoms with van der Waals surface area (Å²) in [4.78, 5) is 2.41. The first-order valence-electron chi connectivity index (χ1n) is 26.1. The van der Waals surface area contributed by atoms with E-state index in [1.807, 2.05) is 24.3 Å². The predicted molar refractivity (Wildman–Crippen MR) is 315 cm³/mol. The van der Waals surface area contributed by atoms with Crippen LogP contribution in [0.15, 0.2) is 294 Å². The summed E-state index contributed by atoms with van der Waals surface area (Å²) in [6.07, 6.45) is 0. The minimum atomic E-state index is -0.695. The normalized spacial score (nSPS) is 12.6. The maximum atomic E-state index is 6.56. The van der Waals surface area contributed by atoms with E-state index in [-0.39, 0.29) is 0 Å². The largest absolute Gasteiger partial charge is 0.455 e. The number of benzene rings is 12. The molecule has 0 saturated heterocycles. The van der Waals surface area contributed by atoms with E-state index in [1.165, 1.54) is 55.6 Å². The summed E-state index contributed by atoms with van der Waals surface area (Å²) in [5, 5.41) is 4.47. The Labute approximate surface area is 440 Å². The zero-order valence-corrected chi connectivity index (χ0v) is 41.4. The molecule has 0 bridgehead atoms. The molecule has 3 nitrogen and oxygen atoms in total. The Hall–Kier alpha value is -9.96. The van der Waals surface area contributed by atoms with Crippen molar-refractivity contribution in [3.63, 3.8) is 0 Å². The number of hydrogen-bond donors (Lipinski definition) is 0. The lowest BCUT2D eigenvalue weighted by atomic mass is 9.66. The lowest BCUT2D eigenvalue weighted by Gasteiger charge is -2.36. The average Bonchev–Trinajstić information content (AvgIpc) is 4.22. The van der Waals surface area contributed by atoms with Gasteiger partial charge in [-0.15, -0.1) is 0 Å². The molecule has 0 spiro atoms.